The lowest BCUT2D eigenvalue weighted by Gasteiger charge is -2.48. The zero-order valence-corrected chi connectivity index (χ0v) is 18.9. The highest BCUT2D eigenvalue weighted by Gasteiger charge is 2.58. The first-order valence-electron chi connectivity index (χ1n) is 9.60. The minimum atomic E-state index is -2.82. The third-order valence-electron chi connectivity index (χ3n) is 4.37. The molecule has 190 valence electrons. The highest BCUT2D eigenvalue weighted by molar-refractivity contribution is 6.18. The van der Waals surface area contributed by atoms with E-state index in [0.717, 1.165) is 0 Å². The van der Waals surface area contributed by atoms with Gasteiger partial charge in [-0.1, -0.05) is 6.92 Å². The van der Waals surface area contributed by atoms with E-state index >= 15 is 0 Å². The van der Waals surface area contributed by atoms with E-state index in [1.807, 2.05) is 10.6 Å². The Kier molecular flexibility index (Phi) is 12.1. The average molecular weight is 521 g/mol. The van der Waals surface area contributed by atoms with Crippen LogP contribution in [0.3, 0.4) is 0 Å². The fourth-order valence-electron chi connectivity index (χ4n) is 2.73. The highest BCUT2D eigenvalue weighted by Crippen LogP contribution is 2.30. The van der Waals surface area contributed by atoms with E-state index in [1.165, 1.54) is 0 Å². The smallest absolute Gasteiger partial charge is 0.342 e. The Bertz CT molecular complexity index is 679. The van der Waals surface area contributed by atoms with Crippen LogP contribution in [0.5, 0.6) is 0 Å². The third-order valence-corrected chi connectivity index (χ3v) is 4.71. The molecule has 0 saturated carbocycles. The number of ether oxygens (including phenoxy) is 2. The van der Waals surface area contributed by atoms with E-state index in [-0.39, 0.29) is 31.5 Å². The number of carbonyl (C=O) groups is 2. The van der Waals surface area contributed by atoms with Crippen molar-refractivity contribution in [2.45, 2.75) is 49.9 Å². The number of halogens is 2. The first-order valence-corrected chi connectivity index (χ1v) is 10.7. The van der Waals surface area contributed by atoms with Gasteiger partial charge in [0.25, 0.3) is 0 Å². The Labute approximate surface area is 197 Å². The van der Waals surface area contributed by atoms with E-state index in [4.69, 9.17) is 32.7 Å². The molecule has 0 spiro atoms. The lowest BCUT2D eigenvalue weighted by atomic mass is 9.92. The van der Waals surface area contributed by atoms with Gasteiger partial charge in [-0.2, -0.15) is 10.0 Å². The van der Waals surface area contributed by atoms with E-state index in [9.17, 15) is 39.8 Å². The molecule has 1 saturated heterocycles. The van der Waals surface area contributed by atoms with Crippen molar-refractivity contribution in [2.24, 2.45) is 10.6 Å². The predicted molar refractivity (Wildman–Crippen MR) is 111 cm³/mol. The van der Waals surface area contributed by atoms with Gasteiger partial charge in [0, 0.05) is 18.4 Å². The van der Waals surface area contributed by atoms with Crippen LogP contribution >= 0.6 is 23.2 Å². The van der Waals surface area contributed by atoms with Crippen LogP contribution in [0.15, 0.2) is 10.6 Å². The van der Waals surface area contributed by atoms with Crippen LogP contribution in [0.1, 0.15) is 13.3 Å². The fraction of sp³-hybridized carbons (Fsp3) is 0.867. The number of amides is 4. The van der Waals surface area contributed by atoms with Gasteiger partial charge in [0.05, 0.1) is 23.7 Å². The number of alkyl halides is 2. The average Bonchev–Trinajstić information content (AvgIpc) is 2.78. The number of hydrogen-bond donors (Lipinski definition) is 6. The molecule has 33 heavy (non-hydrogen) atoms. The zero-order chi connectivity index (χ0) is 25.2. The molecule has 0 aromatic carbocycles. The molecular formula is C15H26Cl2N6O10. The van der Waals surface area contributed by atoms with Crippen LogP contribution in [0.4, 0.5) is 9.59 Å². The number of nitrogens with one attached hydrogen (secondary N) is 2. The number of nitroso groups, excluding NO2 is 2. The summed E-state index contributed by atoms with van der Waals surface area (Å²) in [5.74, 6) is -0.327. The first-order chi connectivity index (χ1) is 15.6. The molecule has 0 aliphatic carbocycles. The van der Waals surface area contributed by atoms with Crippen molar-refractivity contribution in [3.8, 4) is 0 Å². The van der Waals surface area contributed by atoms with Crippen LogP contribution in [0.2, 0.25) is 0 Å². The number of rotatable bonds is 12. The van der Waals surface area contributed by atoms with Gasteiger partial charge in [0.1, 0.15) is 18.3 Å². The Hall–Kier alpha value is -1.92. The van der Waals surface area contributed by atoms with Gasteiger partial charge in [-0.3, -0.25) is 0 Å². The van der Waals surface area contributed by atoms with Crippen LogP contribution in [0.25, 0.3) is 0 Å². The van der Waals surface area contributed by atoms with Crippen LogP contribution in [-0.2, 0) is 9.47 Å². The summed E-state index contributed by atoms with van der Waals surface area (Å²) in [5.41, 5.74) is -2.82. The van der Waals surface area contributed by atoms with E-state index < -0.39 is 48.6 Å². The van der Waals surface area contributed by atoms with Crippen molar-refractivity contribution in [2.75, 3.05) is 31.5 Å². The number of aliphatic hydroxyl groups is 4. The maximum absolute atomic E-state index is 12.3. The monoisotopic (exact) mass is 520 g/mol. The summed E-state index contributed by atoms with van der Waals surface area (Å²) < 4.78 is 10.6. The SMILES string of the molecule is CCCO[C@H]1O[C@H](C(O)NC(=O)N(CCCl)N=O)[C@@H](O)[C@H](O)[C@]1(O)NC(=O)N(CCCl)N=O. The Morgan fingerprint density at radius 2 is 1.70 bits per heavy atom. The van der Waals surface area contributed by atoms with Crippen molar-refractivity contribution in [1.29, 1.82) is 0 Å². The van der Waals surface area contributed by atoms with Gasteiger partial charge in [-0.15, -0.1) is 33.0 Å². The van der Waals surface area contributed by atoms with E-state index in [1.54, 1.807) is 6.92 Å². The summed E-state index contributed by atoms with van der Waals surface area (Å²) in [7, 11) is 0. The molecule has 1 aliphatic heterocycles. The molecule has 0 bridgehead atoms. The molecule has 1 heterocycles. The number of aliphatic hydroxyl groups excluding tert-OH is 3. The van der Waals surface area contributed by atoms with Gasteiger partial charge in [0.2, 0.25) is 12.0 Å². The molecule has 16 nitrogen and oxygen atoms in total. The molecule has 6 N–H and O–H groups in total. The summed E-state index contributed by atoms with van der Waals surface area (Å²) in [6.07, 6.45) is -9.75. The van der Waals surface area contributed by atoms with E-state index in [0.29, 0.717) is 16.4 Å². The lowest BCUT2D eigenvalue weighted by Crippen LogP contribution is -2.76. The molecule has 6 atom stereocenters. The van der Waals surface area contributed by atoms with Gasteiger partial charge in [-0.05, 0) is 6.42 Å². The molecular weight excluding hydrogens is 495 g/mol. The fourth-order valence-corrected chi connectivity index (χ4v) is 3.05. The molecule has 0 radical (unpaired) electrons. The second-order valence-corrected chi connectivity index (χ2v) is 7.43. The van der Waals surface area contributed by atoms with Crippen molar-refractivity contribution in [1.82, 2.24) is 20.7 Å². The Balaban J connectivity index is 3.10. The van der Waals surface area contributed by atoms with Crippen molar-refractivity contribution in [3.05, 3.63) is 9.81 Å². The molecule has 0 aromatic rings. The maximum atomic E-state index is 12.3. The number of nitrogens with zero attached hydrogens (tertiary/aromatic N) is 4. The molecule has 18 heteroatoms. The van der Waals surface area contributed by atoms with Gasteiger partial charge >= 0.3 is 12.1 Å². The lowest BCUT2D eigenvalue weighted by molar-refractivity contribution is -0.354. The van der Waals surface area contributed by atoms with Gasteiger partial charge in [-0.25, -0.2) is 9.59 Å². The molecule has 1 fully saturated rings. The molecule has 1 rings (SSSR count). The molecule has 1 aliphatic rings. The number of hydrogen-bond acceptors (Lipinski definition) is 12. The Morgan fingerprint density at radius 1 is 1.15 bits per heavy atom. The summed E-state index contributed by atoms with van der Waals surface area (Å²) in [5, 5.41) is 51.5. The molecule has 1 unspecified atom stereocenters. The van der Waals surface area contributed by atoms with Crippen LogP contribution in [0, 0.1) is 9.81 Å². The predicted octanol–water partition coefficient (Wildman–Crippen LogP) is -1.27. The van der Waals surface area contributed by atoms with E-state index in [2.05, 4.69) is 10.6 Å². The summed E-state index contributed by atoms with van der Waals surface area (Å²) in [6.45, 7) is 0.979. The second kappa shape index (κ2) is 13.7. The van der Waals surface area contributed by atoms with Crippen LogP contribution < -0.4 is 10.6 Å². The van der Waals surface area contributed by atoms with Crippen molar-refractivity contribution >= 4 is 35.3 Å². The third kappa shape index (κ3) is 7.28. The minimum absolute atomic E-state index is 0.0727. The highest BCUT2D eigenvalue weighted by atomic mass is 35.5. The molecule has 0 aromatic heterocycles. The Morgan fingerprint density at radius 3 is 2.18 bits per heavy atom. The second-order valence-electron chi connectivity index (χ2n) is 6.68. The summed E-state index contributed by atoms with van der Waals surface area (Å²) in [6, 6.07) is -2.49. The molecule has 4 amide bonds. The minimum Gasteiger partial charge on any atom is -0.387 e. The van der Waals surface area contributed by atoms with Crippen LogP contribution in [-0.4, -0.2) is 111 Å². The van der Waals surface area contributed by atoms with Crippen molar-refractivity contribution in [3.63, 3.8) is 0 Å². The quantitative estimate of drug-likeness (QED) is 0.0773. The van der Waals surface area contributed by atoms with Gasteiger partial charge in [0.15, 0.2) is 6.23 Å². The zero-order valence-electron chi connectivity index (χ0n) is 17.4. The number of carbonyl (C=O) groups excluding carboxylic acids is 2. The van der Waals surface area contributed by atoms with Gasteiger partial charge < -0.3 is 40.5 Å². The summed E-state index contributed by atoms with van der Waals surface area (Å²) >= 11 is 10.9. The largest absolute Gasteiger partial charge is 0.387 e. The number of urea groups is 2. The maximum Gasteiger partial charge on any atom is 0.342 e. The topological polar surface area (TPSA) is 223 Å². The standard InChI is InChI=1S/C15H26Cl2N6O10/c1-2-7-32-12-15(29,19-14(28)23(21-31)6-4-17)10(25)8(24)9(33-12)11(26)18-13(27)22(20-30)5-3-16/h8-12,24-26,29H,2-7H2,1H3,(H,18,27)(H,19,28)/t8-,9+,10+,11?,12+,15-/m1/s1. The van der Waals surface area contributed by atoms with Crippen molar-refractivity contribution < 1.29 is 39.5 Å². The summed E-state index contributed by atoms with van der Waals surface area (Å²) in [4.78, 5) is 45.8. The first kappa shape index (κ1) is 29.1. The normalized spacial score (nSPS) is 27.8.